The van der Waals surface area contributed by atoms with Crippen LogP contribution in [0.4, 0.5) is 0 Å². The molecule has 1 aromatic carbocycles. The van der Waals surface area contributed by atoms with Crippen molar-refractivity contribution in [2.45, 2.75) is 26.7 Å². The Bertz CT molecular complexity index is 778. The highest BCUT2D eigenvalue weighted by molar-refractivity contribution is 5.85. The van der Waals surface area contributed by atoms with E-state index in [1.807, 2.05) is 0 Å². The molecule has 0 aliphatic heterocycles. The van der Waals surface area contributed by atoms with Gasteiger partial charge in [0.25, 0.3) is 0 Å². The summed E-state index contributed by atoms with van der Waals surface area (Å²) in [4.78, 5) is 0. The molecule has 3 aliphatic carbocycles. The van der Waals surface area contributed by atoms with Crippen molar-refractivity contribution in [2.24, 2.45) is 11.3 Å². The van der Waals surface area contributed by atoms with Crippen LogP contribution in [0.15, 0.2) is 77.9 Å². The second kappa shape index (κ2) is 4.71. The SMILES string of the molecule is CC1=CC(C(C)(C)C2=C3C=CC=CC3c3ccccc32)C=C1. The van der Waals surface area contributed by atoms with E-state index in [0.717, 1.165) is 0 Å². The molecular weight excluding hydrogens is 264 g/mol. The second-order valence-corrected chi connectivity index (χ2v) is 7.16. The molecule has 0 bridgehead atoms. The highest BCUT2D eigenvalue weighted by atomic mass is 14.4. The van der Waals surface area contributed by atoms with Crippen molar-refractivity contribution >= 4 is 5.57 Å². The first kappa shape index (κ1) is 13.6. The summed E-state index contributed by atoms with van der Waals surface area (Å²) in [5.74, 6) is 0.909. The van der Waals surface area contributed by atoms with Gasteiger partial charge < -0.3 is 0 Å². The molecule has 3 aliphatic rings. The predicted octanol–water partition coefficient (Wildman–Crippen LogP) is 5.82. The predicted molar refractivity (Wildman–Crippen MR) is 94.6 cm³/mol. The third kappa shape index (κ3) is 1.83. The van der Waals surface area contributed by atoms with Crippen LogP contribution in [0.1, 0.15) is 37.8 Å². The minimum atomic E-state index is 0.101. The molecule has 110 valence electrons. The normalized spacial score (nSPS) is 25.5. The zero-order valence-electron chi connectivity index (χ0n) is 13.5. The van der Waals surface area contributed by atoms with E-state index in [9.17, 15) is 0 Å². The molecule has 0 nitrogen and oxygen atoms in total. The Morgan fingerprint density at radius 1 is 0.955 bits per heavy atom. The van der Waals surface area contributed by atoms with Gasteiger partial charge in [0.1, 0.15) is 0 Å². The van der Waals surface area contributed by atoms with Crippen molar-refractivity contribution in [2.75, 3.05) is 0 Å². The molecule has 0 amide bonds. The van der Waals surface area contributed by atoms with Crippen LogP contribution < -0.4 is 0 Å². The molecule has 2 atom stereocenters. The summed E-state index contributed by atoms with van der Waals surface area (Å²) in [7, 11) is 0. The Morgan fingerprint density at radius 2 is 1.77 bits per heavy atom. The molecule has 1 aromatic rings. The van der Waals surface area contributed by atoms with Crippen LogP contribution in [0.25, 0.3) is 5.57 Å². The van der Waals surface area contributed by atoms with Crippen LogP contribution in [-0.4, -0.2) is 0 Å². The van der Waals surface area contributed by atoms with Gasteiger partial charge >= 0.3 is 0 Å². The van der Waals surface area contributed by atoms with Gasteiger partial charge in [0.15, 0.2) is 0 Å². The van der Waals surface area contributed by atoms with E-state index in [1.54, 1.807) is 0 Å². The summed E-state index contributed by atoms with van der Waals surface area (Å²) in [6.45, 7) is 6.98. The zero-order chi connectivity index (χ0) is 15.3. The van der Waals surface area contributed by atoms with E-state index >= 15 is 0 Å². The lowest BCUT2D eigenvalue weighted by molar-refractivity contribution is 0.422. The Hall–Kier alpha value is -2.08. The van der Waals surface area contributed by atoms with Gasteiger partial charge in [-0.25, -0.2) is 0 Å². The second-order valence-electron chi connectivity index (χ2n) is 7.16. The number of hydrogen-bond acceptors (Lipinski definition) is 0. The van der Waals surface area contributed by atoms with Crippen LogP contribution in [0.5, 0.6) is 0 Å². The van der Waals surface area contributed by atoms with E-state index in [4.69, 9.17) is 0 Å². The molecule has 4 rings (SSSR count). The maximum absolute atomic E-state index is 2.41. The van der Waals surface area contributed by atoms with Crippen molar-refractivity contribution in [1.29, 1.82) is 0 Å². The molecule has 0 spiro atoms. The maximum atomic E-state index is 2.41. The standard InChI is InChI=1S/C22H22/c1-15-12-13-16(14-15)22(2,3)21-19-10-6-4-8-17(19)18-9-5-7-11-20(18)21/h4-14,16-17H,1-3H3. The summed E-state index contributed by atoms with van der Waals surface area (Å²) in [5.41, 5.74) is 7.39. The Kier molecular flexibility index (Phi) is 2.91. The van der Waals surface area contributed by atoms with E-state index in [0.29, 0.717) is 11.8 Å². The summed E-state index contributed by atoms with van der Waals surface area (Å²) in [6.07, 6.45) is 16.0. The van der Waals surface area contributed by atoms with Crippen LogP contribution in [-0.2, 0) is 0 Å². The fourth-order valence-corrected chi connectivity index (χ4v) is 4.19. The summed E-state index contributed by atoms with van der Waals surface area (Å²) >= 11 is 0. The van der Waals surface area contributed by atoms with E-state index in [-0.39, 0.29) is 5.41 Å². The number of allylic oxidation sites excluding steroid dienone is 10. The van der Waals surface area contributed by atoms with Gasteiger partial charge in [-0.15, -0.1) is 0 Å². The highest BCUT2D eigenvalue weighted by Crippen LogP contribution is 2.55. The van der Waals surface area contributed by atoms with E-state index in [1.165, 1.54) is 27.8 Å². The molecular formula is C22H22. The highest BCUT2D eigenvalue weighted by Gasteiger charge is 2.40. The van der Waals surface area contributed by atoms with Gasteiger partial charge in [-0.05, 0) is 29.2 Å². The fourth-order valence-electron chi connectivity index (χ4n) is 4.19. The first-order chi connectivity index (χ1) is 10.6. The Labute approximate surface area is 133 Å². The zero-order valence-corrected chi connectivity index (χ0v) is 13.5. The number of rotatable bonds is 2. The molecule has 22 heavy (non-hydrogen) atoms. The minimum Gasteiger partial charge on any atom is -0.0765 e. The molecule has 0 saturated heterocycles. The Balaban J connectivity index is 1.91. The van der Waals surface area contributed by atoms with Crippen LogP contribution in [0.3, 0.4) is 0 Å². The molecule has 0 radical (unpaired) electrons. The van der Waals surface area contributed by atoms with Crippen molar-refractivity contribution < 1.29 is 0 Å². The van der Waals surface area contributed by atoms with Gasteiger partial charge in [0.05, 0.1) is 0 Å². The van der Waals surface area contributed by atoms with Crippen molar-refractivity contribution in [3.05, 3.63) is 89.1 Å². The quantitative estimate of drug-likeness (QED) is 0.642. The van der Waals surface area contributed by atoms with Crippen LogP contribution >= 0.6 is 0 Å². The lowest BCUT2D eigenvalue weighted by atomic mass is 9.70. The monoisotopic (exact) mass is 286 g/mol. The first-order valence-corrected chi connectivity index (χ1v) is 8.14. The van der Waals surface area contributed by atoms with Crippen molar-refractivity contribution in [3.8, 4) is 0 Å². The average Bonchev–Trinajstić information content (AvgIpc) is 3.09. The minimum absolute atomic E-state index is 0.101. The van der Waals surface area contributed by atoms with Gasteiger partial charge in [-0.3, -0.25) is 0 Å². The molecule has 0 aromatic heterocycles. The fraction of sp³-hybridized carbons (Fsp3) is 0.273. The van der Waals surface area contributed by atoms with Crippen LogP contribution in [0, 0.1) is 11.3 Å². The van der Waals surface area contributed by atoms with Gasteiger partial charge in [-0.2, -0.15) is 0 Å². The molecule has 0 heteroatoms. The molecule has 2 unspecified atom stereocenters. The first-order valence-electron chi connectivity index (χ1n) is 8.14. The van der Waals surface area contributed by atoms with E-state index in [2.05, 4.69) is 87.6 Å². The number of fused-ring (bicyclic) bond motifs is 3. The maximum Gasteiger partial charge on any atom is 0.0281 e. The van der Waals surface area contributed by atoms with Gasteiger partial charge in [-0.1, -0.05) is 86.2 Å². The third-order valence-corrected chi connectivity index (χ3v) is 5.37. The van der Waals surface area contributed by atoms with Crippen molar-refractivity contribution in [3.63, 3.8) is 0 Å². The molecule has 0 fully saturated rings. The molecule has 0 N–H and O–H groups in total. The third-order valence-electron chi connectivity index (χ3n) is 5.37. The lowest BCUT2D eigenvalue weighted by Gasteiger charge is -2.33. The topological polar surface area (TPSA) is 0 Å². The summed E-state index contributed by atoms with van der Waals surface area (Å²) in [6, 6.07) is 8.93. The van der Waals surface area contributed by atoms with Gasteiger partial charge in [0, 0.05) is 17.3 Å². The summed E-state index contributed by atoms with van der Waals surface area (Å²) < 4.78 is 0. The number of hydrogen-bond donors (Lipinski definition) is 0. The van der Waals surface area contributed by atoms with Crippen LogP contribution in [0.2, 0.25) is 0 Å². The average molecular weight is 286 g/mol. The smallest absolute Gasteiger partial charge is 0.0281 e. The summed E-state index contributed by atoms with van der Waals surface area (Å²) in [5, 5.41) is 0. The molecule has 0 saturated carbocycles. The lowest BCUT2D eigenvalue weighted by Crippen LogP contribution is -2.22. The number of benzene rings is 1. The Morgan fingerprint density at radius 3 is 2.55 bits per heavy atom. The largest absolute Gasteiger partial charge is 0.0765 e. The molecule has 0 heterocycles. The van der Waals surface area contributed by atoms with Gasteiger partial charge in [0.2, 0.25) is 0 Å². The van der Waals surface area contributed by atoms with E-state index < -0.39 is 0 Å². The van der Waals surface area contributed by atoms with Crippen molar-refractivity contribution in [1.82, 2.24) is 0 Å².